The lowest BCUT2D eigenvalue weighted by Crippen LogP contribution is -2.12. The Morgan fingerprint density at radius 2 is 2.31 bits per heavy atom. The zero-order valence-corrected chi connectivity index (χ0v) is 7.37. The second-order valence-corrected chi connectivity index (χ2v) is 3.01. The summed E-state index contributed by atoms with van der Waals surface area (Å²) in [4.78, 5) is 21.1. The standard InChI is InChI=1S/C6H7N3O3S/c10-4(1-2-6(11)12)8-5-3-7-9-13-5/h3H,1-2H2,(H,8,10)(H,11,12). The van der Waals surface area contributed by atoms with Gasteiger partial charge in [-0.2, -0.15) is 0 Å². The highest BCUT2D eigenvalue weighted by Crippen LogP contribution is 2.09. The third-order valence-electron chi connectivity index (χ3n) is 1.19. The van der Waals surface area contributed by atoms with E-state index in [2.05, 4.69) is 14.9 Å². The van der Waals surface area contributed by atoms with Gasteiger partial charge in [-0.25, -0.2) is 0 Å². The summed E-state index contributed by atoms with van der Waals surface area (Å²) in [5.41, 5.74) is 0. The van der Waals surface area contributed by atoms with E-state index in [-0.39, 0.29) is 18.7 Å². The van der Waals surface area contributed by atoms with Crippen molar-refractivity contribution in [2.45, 2.75) is 12.8 Å². The van der Waals surface area contributed by atoms with Gasteiger partial charge in [0.1, 0.15) is 5.00 Å². The minimum atomic E-state index is -0.988. The van der Waals surface area contributed by atoms with Gasteiger partial charge in [0, 0.05) is 18.0 Å². The van der Waals surface area contributed by atoms with Crippen LogP contribution in [0.2, 0.25) is 0 Å². The van der Waals surface area contributed by atoms with Crippen molar-refractivity contribution in [3.63, 3.8) is 0 Å². The van der Waals surface area contributed by atoms with E-state index in [0.717, 1.165) is 11.5 Å². The first-order valence-electron chi connectivity index (χ1n) is 3.47. The van der Waals surface area contributed by atoms with Gasteiger partial charge in [0.05, 0.1) is 12.6 Å². The Morgan fingerprint density at radius 3 is 2.85 bits per heavy atom. The number of carboxylic acid groups (broad SMARTS) is 1. The van der Waals surface area contributed by atoms with Crippen LogP contribution in [0.3, 0.4) is 0 Å². The average Bonchev–Trinajstić information content (AvgIpc) is 2.53. The normalized spacial score (nSPS) is 9.54. The van der Waals surface area contributed by atoms with Crippen molar-refractivity contribution >= 4 is 28.4 Å². The summed E-state index contributed by atoms with van der Waals surface area (Å²) in [5, 5.41) is 14.8. The number of hydrogen-bond acceptors (Lipinski definition) is 5. The molecule has 1 amide bonds. The van der Waals surface area contributed by atoms with Gasteiger partial charge in [0.15, 0.2) is 0 Å². The number of carbonyl (C=O) groups is 2. The Kier molecular flexibility index (Phi) is 3.32. The topological polar surface area (TPSA) is 92.2 Å². The minimum Gasteiger partial charge on any atom is -0.481 e. The summed E-state index contributed by atoms with van der Waals surface area (Å²) < 4.78 is 3.53. The number of anilines is 1. The number of aromatic nitrogens is 2. The highest BCUT2D eigenvalue weighted by molar-refractivity contribution is 7.10. The Bertz CT molecular complexity index is 298. The molecule has 0 saturated carbocycles. The van der Waals surface area contributed by atoms with Crippen molar-refractivity contribution in [3.05, 3.63) is 6.20 Å². The van der Waals surface area contributed by atoms with E-state index in [0.29, 0.717) is 5.00 Å². The lowest BCUT2D eigenvalue weighted by Gasteiger charge is -1.97. The second-order valence-electron chi connectivity index (χ2n) is 2.22. The van der Waals surface area contributed by atoms with Crippen molar-refractivity contribution in [2.75, 3.05) is 5.32 Å². The molecule has 0 fully saturated rings. The van der Waals surface area contributed by atoms with Gasteiger partial charge >= 0.3 is 5.97 Å². The lowest BCUT2D eigenvalue weighted by atomic mass is 10.3. The number of amides is 1. The van der Waals surface area contributed by atoms with Crippen LogP contribution >= 0.6 is 11.5 Å². The molecule has 7 heteroatoms. The molecule has 1 rings (SSSR count). The second kappa shape index (κ2) is 4.51. The van der Waals surface area contributed by atoms with E-state index in [9.17, 15) is 9.59 Å². The number of rotatable bonds is 4. The van der Waals surface area contributed by atoms with Gasteiger partial charge in [0.25, 0.3) is 0 Å². The van der Waals surface area contributed by atoms with Gasteiger partial charge in [-0.3, -0.25) is 9.59 Å². The molecule has 0 radical (unpaired) electrons. The van der Waals surface area contributed by atoms with Crippen LogP contribution < -0.4 is 5.32 Å². The molecule has 2 N–H and O–H groups in total. The summed E-state index contributed by atoms with van der Waals surface area (Å²) >= 11 is 1.05. The third-order valence-corrected chi connectivity index (χ3v) is 1.77. The van der Waals surface area contributed by atoms with E-state index in [4.69, 9.17) is 5.11 Å². The maximum atomic E-state index is 11.0. The fraction of sp³-hybridized carbons (Fsp3) is 0.333. The monoisotopic (exact) mass is 201 g/mol. The zero-order valence-electron chi connectivity index (χ0n) is 6.56. The minimum absolute atomic E-state index is 0.0345. The Hall–Kier alpha value is -1.50. The van der Waals surface area contributed by atoms with Crippen LogP contribution in [0.5, 0.6) is 0 Å². The van der Waals surface area contributed by atoms with Gasteiger partial charge < -0.3 is 10.4 Å². The molecule has 70 valence electrons. The van der Waals surface area contributed by atoms with Crippen LogP contribution in [0.1, 0.15) is 12.8 Å². The SMILES string of the molecule is O=C(O)CCC(=O)Nc1cnns1. The average molecular weight is 201 g/mol. The van der Waals surface area contributed by atoms with Crippen LogP contribution in [0.4, 0.5) is 5.00 Å². The molecule has 0 aromatic carbocycles. The third kappa shape index (κ3) is 3.61. The first kappa shape index (κ1) is 9.59. The van der Waals surface area contributed by atoms with Gasteiger partial charge in [-0.1, -0.05) is 4.49 Å². The Balaban J connectivity index is 2.30. The molecule has 1 aromatic heterocycles. The Morgan fingerprint density at radius 1 is 1.54 bits per heavy atom. The molecule has 0 saturated heterocycles. The van der Waals surface area contributed by atoms with Crippen molar-refractivity contribution in [2.24, 2.45) is 0 Å². The molecule has 0 aliphatic heterocycles. The molecule has 0 bridgehead atoms. The molecular formula is C6H7N3O3S. The largest absolute Gasteiger partial charge is 0.481 e. The zero-order chi connectivity index (χ0) is 9.68. The maximum absolute atomic E-state index is 11.0. The highest BCUT2D eigenvalue weighted by Gasteiger charge is 2.06. The first-order chi connectivity index (χ1) is 6.18. The van der Waals surface area contributed by atoms with Gasteiger partial charge in [-0.05, 0) is 0 Å². The van der Waals surface area contributed by atoms with E-state index < -0.39 is 5.97 Å². The van der Waals surface area contributed by atoms with Crippen molar-refractivity contribution in [1.29, 1.82) is 0 Å². The molecular weight excluding hydrogens is 194 g/mol. The molecule has 1 heterocycles. The van der Waals surface area contributed by atoms with E-state index in [1.54, 1.807) is 0 Å². The molecule has 0 spiro atoms. The smallest absolute Gasteiger partial charge is 0.303 e. The van der Waals surface area contributed by atoms with Crippen molar-refractivity contribution < 1.29 is 14.7 Å². The predicted octanol–water partition coefficient (Wildman–Crippen LogP) is 0.341. The quantitative estimate of drug-likeness (QED) is 0.732. The number of nitrogens with zero attached hydrogens (tertiary/aromatic N) is 2. The highest BCUT2D eigenvalue weighted by atomic mass is 32.1. The summed E-state index contributed by atoms with van der Waals surface area (Å²) in [5.74, 6) is -1.33. The van der Waals surface area contributed by atoms with Crippen molar-refractivity contribution in [1.82, 2.24) is 9.59 Å². The number of hydrogen-bond donors (Lipinski definition) is 2. The predicted molar refractivity (Wildman–Crippen MR) is 45.4 cm³/mol. The summed E-state index contributed by atoms with van der Waals surface area (Å²) in [7, 11) is 0. The molecule has 0 atom stereocenters. The van der Waals surface area contributed by atoms with Crippen molar-refractivity contribution in [3.8, 4) is 0 Å². The van der Waals surface area contributed by atoms with Crippen LogP contribution in [0.25, 0.3) is 0 Å². The van der Waals surface area contributed by atoms with E-state index in [1.165, 1.54) is 6.20 Å². The molecule has 0 aliphatic rings. The molecule has 1 aromatic rings. The number of aliphatic carboxylic acids is 1. The summed E-state index contributed by atoms with van der Waals surface area (Å²) in [6.07, 6.45) is 1.20. The van der Waals surface area contributed by atoms with E-state index >= 15 is 0 Å². The number of nitrogens with one attached hydrogen (secondary N) is 1. The van der Waals surface area contributed by atoms with Gasteiger partial charge in [0.2, 0.25) is 5.91 Å². The van der Waals surface area contributed by atoms with E-state index in [1.807, 2.05) is 0 Å². The van der Waals surface area contributed by atoms with Crippen LogP contribution in [-0.2, 0) is 9.59 Å². The lowest BCUT2D eigenvalue weighted by molar-refractivity contribution is -0.138. The maximum Gasteiger partial charge on any atom is 0.303 e. The number of carbonyl (C=O) groups excluding carboxylic acids is 1. The fourth-order valence-corrected chi connectivity index (χ4v) is 1.08. The van der Waals surface area contributed by atoms with Gasteiger partial charge in [-0.15, -0.1) is 5.10 Å². The fourth-order valence-electron chi connectivity index (χ4n) is 0.643. The first-order valence-corrected chi connectivity index (χ1v) is 4.25. The summed E-state index contributed by atoms with van der Waals surface area (Å²) in [6.45, 7) is 0. The molecule has 0 aliphatic carbocycles. The Labute approximate surface area is 77.7 Å². The van der Waals surface area contributed by atoms with Crippen LogP contribution in [0, 0.1) is 0 Å². The summed E-state index contributed by atoms with van der Waals surface area (Å²) in [6, 6.07) is 0. The van der Waals surface area contributed by atoms with Crippen LogP contribution in [0.15, 0.2) is 6.20 Å². The molecule has 0 unspecified atom stereocenters. The number of carboxylic acids is 1. The molecule has 6 nitrogen and oxygen atoms in total. The molecule has 13 heavy (non-hydrogen) atoms. The van der Waals surface area contributed by atoms with Crippen LogP contribution in [-0.4, -0.2) is 26.6 Å².